The second-order valence-electron chi connectivity index (χ2n) is 8.93. The van der Waals surface area contributed by atoms with Crippen LogP contribution in [0.3, 0.4) is 0 Å². The molecule has 2 atom stereocenters. The van der Waals surface area contributed by atoms with E-state index < -0.39 is 11.4 Å². The van der Waals surface area contributed by atoms with Gasteiger partial charge in [-0.25, -0.2) is 4.79 Å². The van der Waals surface area contributed by atoms with Crippen molar-refractivity contribution in [1.29, 1.82) is 0 Å². The molecule has 33 heavy (non-hydrogen) atoms. The molecular weight excluding hydrogens is 420 g/mol. The predicted molar refractivity (Wildman–Crippen MR) is 130 cm³/mol. The summed E-state index contributed by atoms with van der Waals surface area (Å²) in [6, 6.07) is 7.35. The number of carbonyl (C=O) groups is 3. The van der Waals surface area contributed by atoms with Gasteiger partial charge in [-0.05, 0) is 50.3 Å². The lowest BCUT2D eigenvalue weighted by Gasteiger charge is -2.31. The summed E-state index contributed by atoms with van der Waals surface area (Å²) in [6.07, 6.45) is 2.94. The van der Waals surface area contributed by atoms with Gasteiger partial charge in [-0.15, -0.1) is 0 Å². The predicted octanol–water partition coefficient (Wildman–Crippen LogP) is 3.76. The van der Waals surface area contributed by atoms with Crippen molar-refractivity contribution >= 4 is 17.8 Å². The molecule has 1 N–H and O–H groups in total. The zero-order valence-electron chi connectivity index (χ0n) is 21.4. The molecule has 0 saturated heterocycles. The number of nitrogens with one attached hydrogen (secondary N) is 1. The van der Waals surface area contributed by atoms with Crippen molar-refractivity contribution in [1.82, 2.24) is 10.2 Å². The van der Waals surface area contributed by atoms with E-state index in [9.17, 15) is 14.4 Å². The molecule has 0 aliphatic carbocycles. The standard InChI is InChI=1S/C26H40N2O5/c1-9-26(6,16-20-11-13-21(32-8)14-12-20)25(31)27-17-23(29)28(7)22(18(3)4)15-19(5)24(30)33-10-2/h11-15,18,22H,9-10,16-17H2,1-8H3,(H,27,31)/b19-15+/t22-,26?/m1/s1. The summed E-state index contributed by atoms with van der Waals surface area (Å²) in [5, 5.41) is 2.82. The summed E-state index contributed by atoms with van der Waals surface area (Å²) in [5.41, 5.74) is 0.834. The minimum Gasteiger partial charge on any atom is -0.497 e. The Labute approximate surface area is 198 Å². The van der Waals surface area contributed by atoms with Crippen molar-refractivity contribution in [2.75, 3.05) is 27.3 Å². The van der Waals surface area contributed by atoms with Gasteiger partial charge in [0.1, 0.15) is 5.75 Å². The third-order valence-electron chi connectivity index (χ3n) is 6.02. The van der Waals surface area contributed by atoms with Crippen molar-refractivity contribution in [2.45, 2.75) is 60.4 Å². The lowest BCUT2D eigenvalue weighted by molar-refractivity contribution is -0.138. The van der Waals surface area contributed by atoms with Gasteiger partial charge in [0.15, 0.2) is 0 Å². The van der Waals surface area contributed by atoms with Gasteiger partial charge in [0.2, 0.25) is 11.8 Å². The Bertz CT molecular complexity index is 832. The molecule has 7 nitrogen and oxygen atoms in total. The van der Waals surface area contributed by atoms with E-state index in [2.05, 4.69) is 5.32 Å². The van der Waals surface area contributed by atoms with Crippen molar-refractivity contribution in [3.8, 4) is 5.75 Å². The molecule has 1 aromatic rings. The second kappa shape index (κ2) is 13.0. The van der Waals surface area contributed by atoms with E-state index in [-0.39, 0.29) is 30.3 Å². The van der Waals surface area contributed by atoms with Crippen LogP contribution in [-0.4, -0.2) is 56.0 Å². The Morgan fingerprint density at radius 3 is 2.24 bits per heavy atom. The number of hydrogen-bond acceptors (Lipinski definition) is 5. The molecule has 0 aromatic heterocycles. The van der Waals surface area contributed by atoms with Crippen LogP contribution in [0.5, 0.6) is 5.75 Å². The van der Waals surface area contributed by atoms with Crippen LogP contribution in [0, 0.1) is 11.3 Å². The lowest BCUT2D eigenvalue weighted by atomic mass is 9.80. The van der Waals surface area contributed by atoms with Crippen LogP contribution in [0.4, 0.5) is 0 Å². The number of hydrogen-bond donors (Lipinski definition) is 1. The first-order chi connectivity index (χ1) is 15.5. The van der Waals surface area contributed by atoms with E-state index in [4.69, 9.17) is 9.47 Å². The van der Waals surface area contributed by atoms with Crippen LogP contribution < -0.4 is 10.1 Å². The Morgan fingerprint density at radius 1 is 1.15 bits per heavy atom. The average molecular weight is 461 g/mol. The number of benzene rings is 1. The number of esters is 1. The lowest BCUT2D eigenvalue weighted by Crippen LogP contribution is -2.48. The summed E-state index contributed by atoms with van der Waals surface area (Å²) in [4.78, 5) is 39.4. The molecule has 0 radical (unpaired) electrons. The molecule has 2 amide bonds. The molecule has 1 aromatic carbocycles. The molecule has 184 valence electrons. The highest BCUT2D eigenvalue weighted by Crippen LogP contribution is 2.28. The van der Waals surface area contributed by atoms with Gasteiger partial charge in [-0.1, -0.05) is 45.9 Å². The number of ether oxygens (including phenoxy) is 2. The topological polar surface area (TPSA) is 84.9 Å². The number of likely N-dealkylation sites (N-methyl/N-ethyl adjacent to an activating group) is 1. The molecule has 0 aliphatic heterocycles. The van der Waals surface area contributed by atoms with Crippen LogP contribution in [0.1, 0.15) is 53.5 Å². The second-order valence-corrected chi connectivity index (χ2v) is 8.93. The van der Waals surface area contributed by atoms with Gasteiger partial charge in [-0.3, -0.25) is 9.59 Å². The third kappa shape index (κ3) is 8.22. The normalized spacial score (nSPS) is 14.3. The van der Waals surface area contributed by atoms with E-state index in [1.54, 1.807) is 39.0 Å². The van der Waals surface area contributed by atoms with Crippen LogP contribution in [0.15, 0.2) is 35.9 Å². The highest BCUT2D eigenvalue weighted by Gasteiger charge is 2.32. The fourth-order valence-electron chi connectivity index (χ4n) is 3.54. The molecule has 1 unspecified atom stereocenters. The largest absolute Gasteiger partial charge is 0.497 e. The molecule has 0 aliphatic rings. The molecular formula is C26H40N2O5. The minimum absolute atomic E-state index is 0.0787. The molecule has 0 bridgehead atoms. The highest BCUT2D eigenvalue weighted by molar-refractivity contribution is 5.89. The first-order valence-corrected chi connectivity index (χ1v) is 11.5. The molecule has 0 fully saturated rings. The Hall–Kier alpha value is -2.83. The van der Waals surface area contributed by atoms with E-state index in [0.717, 1.165) is 11.3 Å². The van der Waals surface area contributed by atoms with Crippen molar-refractivity contribution in [3.05, 3.63) is 41.5 Å². The van der Waals surface area contributed by atoms with Gasteiger partial charge < -0.3 is 19.7 Å². The monoisotopic (exact) mass is 460 g/mol. The number of rotatable bonds is 12. The minimum atomic E-state index is -0.648. The SMILES string of the molecule is CCOC(=O)/C(C)=C/[C@H](C(C)C)N(C)C(=O)CNC(=O)C(C)(CC)Cc1ccc(OC)cc1. The van der Waals surface area contributed by atoms with Gasteiger partial charge in [0, 0.05) is 12.6 Å². The maximum Gasteiger partial charge on any atom is 0.333 e. The van der Waals surface area contributed by atoms with E-state index in [1.807, 2.05) is 52.0 Å². The third-order valence-corrected chi connectivity index (χ3v) is 6.02. The van der Waals surface area contributed by atoms with Crippen LogP contribution >= 0.6 is 0 Å². The van der Waals surface area contributed by atoms with Crippen molar-refractivity contribution in [2.24, 2.45) is 11.3 Å². The molecule has 7 heteroatoms. The molecule has 0 spiro atoms. The van der Waals surface area contributed by atoms with Gasteiger partial charge in [0.05, 0.1) is 31.7 Å². The maximum absolute atomic E-state index is 13.0. The number of methoxy groups -OCH3 is 1. The summed E-state index contributed by atoms with van der Waals surface area (Å²) in [7, 11) is 3.30. The Kier molecular flexibility index (Phi) is 11.1. The summed E-state index contributed by atoms with van der Waals surface area (Å²) in [6.45, 7) is 11.4. The fraction of sp³-hybridized carbons (Fsp3) is 0.577. The van der Waals surface area contributed by atoms with Crippen LogP contribution in [0.2, 0.25) is 0 Å². The van der Waals surface area contributed by atoms with E-state index >= 15 is 0 Å². The zero-order chi connectivity index (χ0) is 25.2. The zero-order valence-corrected chi connectivity index (χ0v) is 21.4. The van der Waals surface area contributed by atoms with E-state index in [0.29, 0.717) is 25.0 Å². The maximum atomic E-state index is 13.0. The van der Waals surface area contributed by atoms with Gasteiger partial charge >= 0.3 is 5.97 Å². The summed E-state index contributed by atoms with van der Waals surface area (Å²) in [5.74, 6) is 0.0614. The molecule has 1 rings (SSSR count). The Morgan fingerprint density at radius 2 is 1.76 bits per heavy atom. The van der Waals surface area contributed by atoms with Gasteiger partial charge in [0.25, 0.3) is 0 Å². The van der Waals surface area contributed by atoms with Crippen molar-refractivity contribution in [3.63, 3.8) is 0 Å². The van der Waals surface area contributed by atoms with E-state index in [1.165, 1.54) is 0 Å². The van der Waals surface area contributed by atoms with Crippen molar-refractivity contribution < 1.29 is 23.9 Å². The fourth-order valence-corrected chi connectivity index (χ4v) is 3.54. The Balaban J connectivity index is 2.84. The first kappa shape index (κ1) is 28.2. The molecule has 0 heterocycles. The highest BCUT2D eigenvalue weighted by atomic mass is 16.5. The van der Waals surface area contributed by atoms with Gasteiger partial charge in [-0.2, -0.15) is 0 Å². The van der Waals surface area contributed by atoms with Crippen LogP contribution in [0.25, 0.3) is 0 Å². The molecule has 0 saturated carbocycles. The first-order valence-electron chi connectivity index (χ1n) is 11.5. The summed E-state index contributed by atoms with van der Waals surface area (Å²) >= 11 is 0. The van der Waals surface area contributed by atoms with Crippen LogP contribution in [-0.2, 0) is 25.5 Å². The summed E-state index contributed by atoms with van der Waals surface area (Å²) < 4.78 is 10.2. The smallest absolute Gasteiger partial charge is 0.333 e. The average Bonchev–Trinajstić information content (AvgIpc) is 2.80. The number of carbonyl (C=O) groups excluding carboxylic acids is 3. The number of nitrogens with zero attached hydrogens (tertiary/aromatic N) is 1. The number of amides is 2. The quantitative estimate of drug-likeness (QED) is 0.379.